The van der Waals surface area contributed by atoms with Gasteiger partial charge in [0.2, 0.25) is 0 Å². The minimum Gasteiger partial charge on any atom is -0.379 e. The lowest BCUT2D eigenvalue weighted by atomic mass is 10.2. The molecular formula is C17H26N2O. The molecular weight excluding hydrogens is 248 g/mol. The second-order valence-corrected chi connectivity index (χ2v) is 5.08. The average molecular weight is 274 g/mol. The first kappa shape index (κ1) is 15.1. The Hall–Kier alpha value is -1.32. The van der Waals surface area contributed by atoms with Gasteiger partial charge in [-0.05, 0) is 31.5 Å². The van der Waals surface area contributed by atoms with Crippen LogP contribution in [0, 0.1) is 0 Å². The molecule has 1 saturated heterocycles. The molecule has 0 aromatic heterocycles. The monoisotopic (exact) mass is 274 g/mol. The second kappa shape index (κ2) is 8.08. The number of rotatable bonds is 6. The number of morpholine rings is 1. The molecule has 0 spiro atoms. The first-order chi connectivity index (χ1) is 9.83. The van der Waals surface area contributed by atoms with Crippen LogP contribution in [0.15, 0.2) is 30.3 Å². The molecule has 0 N–H and O–H groups in total. The van der Waals surface area contributed by atoms with Crippen molar-refractivity contribution < 1.29 is 4.74 Å². The van der Waals surface area contributed by atoms with E-state index in [1.165, 1.54) is 11.3 Å². The van der Waals surface area contributed by atoms with E-state index in [-0.39, 0.29) is 0 Å². The fourth-order valence-electron chi connectivity index (χ4n) is 2.51. The summed E-state index contributed by atoms with van der Waals surface area (Å²) in [5, 5.41) is 0. The minimum absolute atomic E-state index is 0.867. The summed E-state index contributed by atoms with van der Waals surface area (Å²) in [4.78, 5) is 4.78. The predicted octanol–water partition coefficient (Wildman–Crippen LogP) is 2.88. The maximum absolute atomic E-state index is 5.35. The van der Waals surface area contributed by atoms with Crippen molar-refractivity contribution in [1.82, 2.24) is 4.90 Å². The van der Waals surface area contributed by atoms with E-state index >= 15 is 0 Å². The van der Waals surface area contributed by atoms with E-state index in [0.29, 0.717) is 0 Å². The molecule has 0 amide bonds. The van der Waals surface area contributed by atoms with Crippen molar-refractivity contribution in [3.63, 3.8) is 0 Å². The summed E-state index contributed by atoms with van der Waals surface area (Å²) in [7, 11) is 0. The van der Waals surface area contributed by atoms with Crippen LogP contribution in [0.3, 0.4) is 0 Å². The van der Waals surface area contributed by atoms with Gasteiger partial charge in [-0.2, -0.15) is 0 Å². The van der Waals surface area contributed by atoms with E-state index in [1.54, 1.807) is 0 Å². The van der Waals surface area contributed by atoms with Crippen LogP contribution in [0.25, 0.3) is 6.08 Å². The first-order valence-electron chi connectivity index (χ1n) is 7.65. The van der Waals surface area contributed by atoms with E-state index < -0.39 is 0 Å². The summed E-state index contributed by atoms with van der Waals surface area (Å²) in [6.07, 6.45) is 4.46. The van der Waals surface area contributed by atoms with Crippen molar-refractivity contribution in [2.24, 2.45) is 0 Å². The van der Waals surface area contributed by atoms with Gasteiger partial charge in [0.05, 0.1) is 13.2 Å². The number of nitrogens with zero attached hydrogens (tertiary/aromatic N) is 2. The van der Waals surface area contributed by atoms with Crippen LogP contribution in [0.5, 0.6) is 0 Å². The highest BCUT2D eigenvalue weighted by Crippen LogP contribution is 2.15. The van der Waals surface area contributed by atoms with Gasteiger partial charge in [-0.3, -0.25) is 4.90 Å². The van der Waals surface area contributed by atoms with E-state index in [0.717, 1.165) is 45.9 Å². The number of hydrogen-bond acceptors (Lipinski definition) is 3. The van der Waals surface area contributed by atoms with E-state index in [1.807, 2.05) is 0 Å². The van der Waals surface area contributed by atoms with Crippen molar-refractivity contribution in [3.05, 3.63) is 35.9 Å². The molecule has 0 bridgehead atoms. The average Bonchev–Trinajstić information content (AvgIpc) is 2.51. The summed E-state index contributed by atoms with van der Waals surface area (Å²) in [5.41, 5.74) is 2.58. The summed E-state index contributed by atoms with van der Waals surface area (Å²) in [6, 6.07) is 8.82. The third-order valence-corrected chi connectivity index (χ3v) is 3.80. The Morgan fingerprint density at radius 1 is 1.10 bits per heavy atom. The zero-order valence-corrected chi connectivity index (χ0v) is 12.7. The first-order valence-corrected chi connectivity index (χ1v) is 7.65. The standard InChI is InChI=1S/C17H26N2O/c1-3-19(4-2)17-9-7-16(8-10-17)6-5-11-18-12-14-20-15-13-18/h5-10H,3-4,11-15H2,1-2H3/b6-5+. The molecule has 110 valence electrons. The summed E-state index contributed by atoms with van der Waals surface area (Å²) in [5.74, 6) is 0. The van der Waals surface area contributed by atoms with Crippen LogP contribution in [0.1, 0.15) is 19.4 Å². The van der Waals surface area contributed by atoms with Crippen molar-refractivity contribution in [2.75, 3.05) is 50.8 Å². The highest BCUT2D eigenvalue weighted by atomic mass is 16.5. The molecule has 0 radical (unpaired) electrons. The highest BCUT2D eigenvalue weighted by molar-refractivity contribution is 5.56. The fraction of sp³-hybridized carbons (Fsp3) is 0.529. The van der Waals surface area contributed by atoms with Crippen LogP contribution in [-0.2, 0) is 4.74 Å². The Labute approximate surface area is 122 Å². The van der Waals surface area contributed by atoms with Gasteiger partial charge in [0.1, 0.15) is 0 Å². The molecule has 1 aliphatic rings. The predicted molar refractivity (Wildman–Crippen MR) is 86.3 cm³/mol. The lowest BCUT2D eigenvalue weighted by Crippen LogP contribution is -2.36. The molecule has 1 aromatic carbocycles. The third-order valence-electron chi connectivity index (χ3n) is 3.80. The van der Waals surface area contributed by atoms with Gasteiger partial charge in [-0.15, -0.1) is 0 Å². The molecule has 3 nitrogen and oxygen atoms in total. The Kier molecular flexibility index (Phi) is 6.09. The molecule has 1 fully saturated rings. The molecule has 3 heteroatoms. The van der Waals surface area contributed by atoms with Crippen molar-refractivity contribution in [2.45, 2.75) is 13.8 Å². The van der Waals surface area contributed by atoms with E-state index in [4.69, 9.17) is 4.74 Å². The van der Waals surface area contributed by atoms with E-state index in [2.05, 4.69) is 60.1 Å². The van der Waals surface area contributed by atoms with Gasteiger partial charge in [0.25, 0.3) is 0 Å². The maximum atomic E-state index is 5.35. The molecule has 1 heterocycles. The smallest absolute Gasteiger partial charge is 0.0594 e. The molecule has 20 heavy (non-hydrogen) atoms. The number of benzene rings is 1. The molecule has 1 aromatic rings. The Morgan fingerprint density at radius 3 is 2.35 bits per heavy atom. The van der Waals surface area contributed by atoms with Crippen molar-refractivity contribution >= 4 is 11.8 Å². The van der Waals surface area contributed by atoms with E-state index in [9.17, 15) is 0 Å². The number of anilines is 1. The van der Waals surface area contributed by atoms with Crippen LogP contribution < -0.4 is 4.90 Å². The Balaban J connectivity index is 1.86. The quantitative estimate of drug-likeness (QED) is 0.793. The van der Waals surface area contributed by atoms with Crippen LogP contribution in [0.2, 0.25) is 0 Å². The van der Waals surface area contributed by atoms with Crippen LogP contribution in [-0.4, -0.2) is 50.8 Å². The molecule has 0 saturated carbocycles. The summed E-state index contributed by atoms with van der Waals surface area (Å²) in [6.45, 7) is 11.3. The lowest BCUT2D eigenvalue weighted by molar-refractivity contribution is 0.0435. The largest absolute Gasteiger partial charge is 0.379 e. The summed E-state index contributed by atoms with van der Waals surface area (Å²) >= 11 is 0. The fourth-order valence-corrected chi connectivity index (χ4v) is 2.51. The van der Waals surface area contributed by atoms with Crippen molar-refractivity contribution in [3.8, 4) is 0 Å². The molecule has 2 rings (SSSR count). The molecule has 0 atom stereocenters. The number of ether oxygens (including phenoxy) is 1. The van der Waals surface area contributed by atoms with Crippen LogP contribution in [0.4, 0.5) is 5.69 Å². The molecule has 0 unspecified atom stereocenters. The van der Waals surface area contributed by atoms with Gasteiger partial charge in [-0.25, -0.2) is 0 Å². The topological polar surface area (TPSA) is 15.7 Å². The van der Waals surface area contributed by atoms with Gasteiger partial charge < -0.3 is 9.64 Å². The maximum Gasteiger partial charge on any atom is 0.0594 e. The van der Waals surface area contributed by atoms with Gasteiger partial charge in [0.15, 0.2) is 0 Å². The summed E-state index contributed by atoms with van der Waals surface area (Å²) < 4.78 is 5.35. The highest BCUT2D eigenvalue weighted by Gasteiger charge is 2.07. The Bertz CT molecular complexity index is 404. The third kappa shape index (κ3) is 4.36. The number of hydrogen-bond donors (Lipinski definition) is 0. The molecule has 1 aliphatic heterocycles. The zero-order chi connectivity index (χ0) is 14.2. The lowest BCUT2D eigenvalue weighted by Gasteiger charge is -2.25. The zero-order valence-electron chi connectivity index (χ0n) is 12.7. The van der Waals surface area contributed by atoms with Gasteiger partial charge in [-0.1, -0.05) is 24.3 Å². The van der Waals surface area contributed by atoms with Crippen LogP contribution >= 0.6 is 0 Å². The Morgan fingerprint density at radius 2 is 1.75 bits per heavy atom. The normalized spacial score (nSPS) is 16.7. The second-order valence-electron chi connectivity index (χ2n) is 5.08. The minimum atomic E-state index is 0.867. The van der Waals surface area contributed by atoms with Gasteiger partial charge >= 0.3 is 0 Å². The SMILES string of the molecule is CCN(CC)c1ccc(/C=C/CN2CCOCC2)cc1. The molecule has 0 aliphatic carbocycles. The van der Waals surface area contributed by atoms with Gasteiger partial charge in [0, 0.05) is 38.4 Å². The van der Waals surface area contributed by atoms with Crippen molar-refractivity contribution in [1.29, 1.82) is 0 Å².